The van der Waals surface area contributed by atoms with Crippen molar-refractivity contribution in [3.63, 3.8) is 0 Å². The van der Waals surface area contributed by atoms with Crippen LogP contribution in [0.1, 0.15) is 20.7 Å². The highest BCUT2D eigenvalue weighted by molar-refractivity contribution is 14.1. The summed E-state index contributed by atoms with van der Waals surface area (Å²) in [6.07, 6.45) is 0. The summed E-state index contributed by atoms with van der Waals surface area (Å²) in [7, 11) is 1.57. The molecule has 4 nitrogen and oxygen atoms in total. The number of hydrogen-bond acceptors (Lipinski definition) is 2. The number of rotatable bonds is 3. The minimum absolute atomic E-state index is 0.185. The molecule has 0 fully saturated rings. The molecule has 2 amide bonds. The summed E-state index contributed by atoms with van der Waals surface area (Å²) >= 11 is 2.18. The molecule has 0 saturated heterocycles. The average molecular weight is 380 g/mol. The molecule has 2 aromatic rings. The van der Waals surface area contributed by atoms with E-state index in [1.807, 2.05) is 12.1 Å². The molecule has 0 bridgehead atoms. The van der Waals surface area contributed by atoms with E-state index in [9.17, 15) is 9.59 Å². The third kappa shape index (κ3) is 3.57. The number of carbonyl (C=O) groups excluding carboxylic acids is 2. The van der Waals surface area contributed by atoms with Crippen LogP contribution in [0.5, 0.6) is 0 Å². The van der Waals surface area contributed by atoms with Gasteiger partial charge in [-0.3, -0.25) is 9.59 Å². The van der Waals surface area contributed by atoms with Crippen LogP contribution in [-0.2, 0) is 0 Å². The van der Waals surface area contributed by atoms with E-state index < -0.39 is 0 Å². The third-order valence-corrected chi connectivity index (χ3v) is 3.44. The maximum absolute atomic E-state index is 12.1. The van der Waals surface area contributed by atoms with Crippen molar-refractivity contribution in [1.82, 2.24) is 5.32 Å². The topological polar surface area (TPSA) is 58.2 Å². The number of carbonyl (C=O) groups is 2. The molecule has 5 heteroatoms. The number of hydrogen-bond donors (Lipinski definition) is 2. The quantitative estimate of drug-likeness (QED) is 0.805. The zero-order valence-corrected chi connectivity index (χ0v) is 13.0. The maximum Gasteiger partial charge on any atom is 0.255 e. The molecule has 0 radical (unpaired) electrons. The van der Waals surface area contributed by atoms with Crippen LogP contribution in [-0.4, -0.2) is 18.9 Å². The van der Waals surface area contributed by atoms with Crippen LogP contribution < -0.4 is 10.6 Å². The molecule has 2 rings (SSSR count). The molecule has 20 heavy (non-hydrogen) atoms. The predicted molar refractivity (Wildman–Crippen MR) is 86.9 cm³/mol. The van der Waals surface area contributed by atoms with Gasteiger partial charge in [-0.25, -0.2) is 0 Å². The van der Waals surface area contributed by atoms with Gasteiger partial charge in [0.1, 0.15) is 0 Å². The lowest BCUT2D eigenvalue weighted by atomic mass is 10.1. The minimum atomic E-state index is -0.199. The molecule has 0 unspecified atom stereocenters. The van der Waals surface area contributed by atoms with Crippen LogP contribution in [0.2, 0.25) is 0 Å². The Balaban J connectivity index is 2.15. The van der Waals surface area contributed by atoms with Crippen molar-refractivity contribution < 1.29 is 9.59 Å². The Morgan fingerprint density at radius 1 is 0.950 bits per heavy atom. The van der Waals surface area contributed by atoms with Gasteiger partial charge in [0.2, 0.25) is 0 Å². The normalized spacial score (nSPS) is 9.90. The Morgan fingerprint density at radius 3 is 2.30 bits per heavy atom. The van der Waals surface area contributed by atoms with E-state index in [1.54, 1.807) is 43.4 Å². The molecule has 2 N–H and O–H groups in total. The summed E-state index contributed by atoms with van der Waals surface area (Å²) in [6, 6.07) is 14.1. The van der Waals surface area contributed by atoms with Crippen LogP contribution in [0.3, 0.4) is 0 Å². The van der Waals surface area contributed by atoms with E-state index in [1.165, 1.54) is 0 Å². The van der Waals surface area contributed by atoms with Crippen molar-refractivity contribution in [2.75, 3.05) is 12.4 Å². The lowest BCUT2D eigenvalue weighted by Crippen LogP contribution is -2.18. The Hall–Kier alpha value is -1.89. The van der Waals surface area contributed by atoms with Gasteiger partial charge in [0.25, 0.3) is 11.8 Å². The van der Waals surface area contributed by atoms with Crippen molar-refractivity contribution in [2.24, 2.45) is 0 Å². The molecule has 0 spiro atoms. The van der Waals surface area contributed by atoms with Gasteiger partial charge in [-0.15, -0.1) is 0 Å². The number of amides is 2. The van der Waals surface area contributed by atoms with E-state index in [0.29, 0.717) is 16.8 Å². The van der Waals surface area contributed by atoms with Crippen molar-refractivity contribution >= 4 is 40.1 Å². The van der Waals surface area contributed by atoms with E-state index >= 15 is 0 Å². The van der Waals surface area contributed by atoms with Gasteiger partial charge in [0.15, 0.2) is 0 Å². The SMILES string of the molecule is CNC(=O)c1cccc(NC(=O)c2ccc(I)cc2)c1. The third-order valence-electron chi connectivity index (χ3n) is 2.72. The molecular weight excluding hydrogens is 367 g/mol. The highest BCUT2D eigenvalue weighted by atomic mass is 127. The second-order valence-corrected chi connectivity index (χ2v) is 5.37. The first-order valence-corrected chi connectivity index (χ1v) is 7.07. The first kappa shape index (κ1) is 14.5. The van der Waals surface area contributed by atoms with Crippen molar-refractivity contribution in [2.45, 2.75) is 0 Å². The Kier molecular flexibility index (Phi) is 4.73. The fourth-order valence-corrected chi connectivity index (χ4v) is 2.05. The summed E-state index contributed by atoms with van der Waals surface area (Å²) < 4.78 is 1.07. The molecule has 0 saturated carbocycles. The molecule has 2 aromatic carbocycles. The van der Waals surface area contributed by atoms with Crippen molar-refractivity contribution in [1.29, 1.82) is 0 Å². The summed E-state index contributed by atoms with van der Waals surface area (Å²) in [6.45, 7) is 0. The van der Waals surface area contributed by atoms with Gasteiger partial charge in [0, 0.05) is 27.4 Å². The number of nitrogens with one attached hydrogen (secondary N) is 2. The number of anilines is 1. The minimum Gasteiger partial charge on any atom is -0.355 e. The molecular formula is C15H13IN2O2. The van der Waals surface area contributed by atoms with Gasteiger partial charge < -0.3 is 10.6 Å². The van der Waals surface area contributed by atoms with Crippen LogP contribution in [0.25, 0.3) is 0 Å². The predicted octanol–water partition coefficient (Wildman–Crippen LogP) is 2.90. The molecule has 0 aromatic heterocycles. The average Bonchev–Trinajstić information content (AvgIpc) is 2.47. The maximum atomic E-state index is 12.1. The number of halogens is 1. The standard InChI is InChI=1S/C15H13IN2O2/c1-17-14(19)11-3-2-4-13(9-11)18-15(20)10-5-7-12(16)8-6-10/h2-9H,1H3,(H,17,19)(H,18,20). The van der Waals surface area contributed by atoms with E-state index in [2.05, 4.69) is 33.2 Å². The Morgan fingerprint density at radius 2 is 1.65 bits per heavy atom. The van der Waals surface area contributed by atoms with Crippen LogP contribution >= 0.6 is 22.6 Å². The van der Waals surface area contributed by atoms with Crippen LogP contribution in [0.4, 0.5) is 5.69 Å². The van der Waals surface area contributed by atoms with Crippen LogP contribution in [0.15, 0.2) is 48.5 Å². The fraction of sp³-hybridized carbons (Fsp3) is 0.0667. The van der Waals surface area contributed by atoms with E-state index in [-0.39, 0.29) is 11.8 Å². The first-order chi connectivity index (χ1) is 9.60. The zero-order chi connectivity index (χ0) is 14.5. The van der Waals surface area contributed by atoms with Gasteiger partial charge in [-0.05, 0) is 65.1 Å². The van der Waals surface area contributed by atoms with Gasteiger partial charge in [0.05, 0.1) is 0 Å². The second-order valence-electron chi connectivity index (χ2n) is 4.12. The summed E-state index contributed by atoms with van der Waals surface area (Å²) in [5.41, 5.74) is 1.68. The summed E-state index contributed by atoms with van der Waals surface area (Å²) in [4.78, 5) is 23.6. The van der Waals surface area contributed by atoms with Gasteiger partial charge >= 0.3 is 0 Å². The Bertz CT molecular complexity index is 639. The molecule has 102 valence electrons. The van der Waals surface area contributed by atoms with Crippen LogP contribution in [0, 0.1) is 3.57 Å². The molecule has 0 aliphatic heterocycles. The lowest BCUT2D eigenvalue weighted by Gasteiger charge is -2.07. The van der Waals surface area contributed by atoms with Crippen molar-refractivity contribution in [3.8, 4) is 0 Å². The highest BCUT2D eigenvalue weighted by Gasteiger charge is 2.08. The fourth-order valence-electron chi connectivity index (χ4n) is 1.69. The van der Waals surface area contributed by atoms with E-state index in [4.69, 9.17) is 0 Å². The highest BCUT2D eigenvalue weighted by Crippen LogP contribution is 2.13. The number of benzene rings is 2. The smallest absolute Gasteiger partial charge is 0.255 e. The molecule has 0 aliphatic rings. The zero-order valence-electron chi connectivity index (χ0n) is 10.8. The van der Waals surface area contributed by atoms with Crippen molar-refractivity contribution in [3.05, 3.63) is 63.2 Å². The summed E-state index contributed by atoms with van der Waals surface area (Å²) in [5.74, 6) is -0.383. The molecule has 0 atom stereocenters. The van der Waals surface area contributed by atoms with Gasteiger partial charge in [-0.2, -0.15) is 0 Å². The first-order valence-electron chi connectivity index (χ1n) is 5.99. The monoisotopic (exact) mass is 380 g/mol. The van der Waals surface area contributed by atoms with Gasteiger partial charge in [-0.1, -0.05) is 6.07 Å². The molecule has 0 aliphatic carbocycles. The Labute approximate surface area is 130 Å². The second kappa shape index (κ2) is 6.51. The summed E-state index contributed by atoms with van der Waals surface area (Å²) in [5, 5.41) is 5.32. The lowest BCUT2D eigenvalue weighted by molar-refractivity contribution is 0.0961. The largest absolute Gasteiger partial charge is 0.355 e. The molecule has 0 heterocycles. The van der Waals surface area contributed by atoms with E-state index in [0.717, 1.165) is 3.57 Å².